The standard InChI is InChI=1S/C16H20O3/c1-15(12-8-5-4-6-9-12)10-7-11-16(2,13(15)17)14(18)19-3/h4-6,8-9H,7,10-11H2,1-3H3. The van der Waals surface area contributed by atoms with Gasteiger partial charge >= 0.3 is 5.97 Å². The van der Waals surface area contributed by atoms with Crippen LogP contribution in [0, 0.1) is 5.41 Å². The number of carbonyl (C=O) groups excluding carboxylic acids is 2. The lowest BCUT2D eigenvalue weighted by Crippen LogP contribution is -2.51. The molecule has 0 radical (unpaired) electrons. The van der Waals surface area contributed by atoms with Crippen LogP contribution in [-0.2, 0) is 19.7 Å². The Morgan fingerprint density at radius 2 is 1.79 bits per heavy atom. The first-order chi connectivity index (χ1) is 8.95. The van der Waals surface area contributed by atoms with Crippen molar-refractivity contribution in [3.63, 3.8) is 0 Å². The van der Waals surface area contributed by atoms with Crippen molar-refractivity contribution in [1.82, 2.24) is 0 Å². The highest BCUT2D eigenvalue weighted by molar-refractivity contribution is 6.08. The summed E-state index contributed by atoms with van der Waals surface area (Å²) >= 11 is 0. The molecule has 2 rings (SSSR count). The molecule has 0 bridgehead atoms. The van der Waals surface area contributed by atoms with Crippen LogP contribution < -0.4 is 0 Å². The quantitative estimate of drug-likeness (QED) is 0.606. The molecule has 0 aromatic heterocycles. The van der Waals surface area contributed by atoms with Gasteiger partial charge in [-0.05, 0) is 32.3 Å². The first-order valence-corrected chi connectivity index (χ1v) is 6.64. The summed E-state index contributed by atoms with van der Waals surface area (Å²) in [5, 5.41) is 0. The second-order valence-corrected chi connectivity index (χ2v) is 5.70. The van der Waals surface area contributed by atoms with Crippen LogP contribution in [0.15, 0.2) is 30.3 Å². The van der Waals surface area contributed by atoms with E-state index in [0.29, 0.717) is 6.42 Å². The van der Waals surface area contributed by atoms with E-state index in [4.69, 9.17) is 4.74 Å². The van der Waals surface area contributed by atoms with Gasteiger partial charge in [-0.25, -0.2) is 0 Å². The molecule has 0 N–H and O–H groups in total. The molecule has 0 aliphatic heterocycles. The van der Waals surface area contributed by atoms with Crippen LogP contribution in [0.25, 0.3) is 0 Å². The minimum Gasteiger partial charge on any atom is -0.468 e. The Kier molecular flexibility index (Phi) is 3.48. The van der Waals surface area contributed by atoms with Crippen LogP contribution in [0.2, 0.25) is 0 Å². The summed E-state index contributed by atoms with van der Waals surface area (Å²) < 4.78 is 4.83. The topological polar surface area (TPSA) is 43.4 Å². The van der Waals surface area contributed by atoms with E-state index in [9.17, 15) is 9.59 Å². The van der Waals surface area contributed by atoms with Crippen LogP contribution in [0.4, 0.5) is 0 Å². The fourth-order valence-corrected chi connectivity index (χ4v) is 3.13. The number of ether oxygens (including phenoxy) is 1. The highest BCUT2D eigenvalue weighted by Gasteiger charge is 2.53. The van der Waals surface area contributed by atoms with E-state index in [1.165, 1.54) is 7.11 Å². The van der Waals surface area contributed by atoms with Crippen molar-refractivity contribution in [2.75, 3.05) is 7.11 Å². The van der Waals surface area contributed by atoms with Gasteiger partial charge in [-0.2, -0.15) is 0 Å². The van der Waals surface area contributed by atoms with Crippen molar-refractivity contribution in [1.29, 1.82) is 0 Å². The summed E-state index contributed by atoms with van der Waals surface area (Å²) in [5.41, 5.74) is -0.630. The van der Waals surface area contributed by atoms with E-state index in [0.717, 1.165) is 18.4 Å². The smallest absolute Gasteiger partial charge is 0.319 e. The van der Waals surface area contributed by atoms with Crippen molar-refractivity contribution in [3.8, 4) is 0 Å². The van der Waals surface area contributed by atoms with Crippen molar-refractivity contribution in [2.24, 2.45) is 5.41 Å². The number of rotatable bonds is 2. The summed E-state index contributed by atoms with van der Waals surface area (Å²) in [7, 11) is 1.34. The largest absolute Gasteiger partial charge is 0.468 e. The zero-order valence-electron chi connectivity index (χ0n) is 11.7. The normalized spacial score (nSPS) is 31.0. The maximum absolute atomic E-state index is 12.9. The second-order valence-electron chi connectivity index (χ2n) is 5.70. The summed E-state index contributed by atoms with van der Waals surface area (Å²) in [4.78, 5) is 24.8. The fourth-order valence-electron chi connectivity index (χ4n) is 3.13. The molecule has 1 aromatic rings. The van der Waals surface area contributed by atoms with Crippen LogP contribution in [-0.4, -0.2) is 18.9 Å². The fraction of sp³-hybridized carbons (Fsp3) is 0.500. The predicted octanol–water partition coefficient (Wildman–Crippen LogP) is 2.88. The predicted molar refractivity (Wildman–Crippen MR) is 72.8 cm³/mol. The number of carbonyl (C=O) groups is 2. The molecule has 3 heteroatoms. The van der Waals surface area contributed by atoms with E-state index in [1.54, 1.807) is 6.92 Å². The average molecular weight is 260 g/mol. The van der Waals surface area contributed by atoms with Gasteiger partial charge in [0.25, 0.3) is 0 Å². The summed E-state index contributed by atoms with van der Waals surface area (Å²) in [5.74, 6) is -0.441. The molecular formula is C16H20O3. The van der Waals surface area contributed by atoms with Gasteiger partial charge in [0.15, 0.2) is 5.78 Å². The van der Waals surface area contributed by atoms with E-state index >= 15 is 0 Å². The lowest BCUT2D eigenvalue weighted by molar-refractivity contribution is -0.161. The number of hydrogen-bond donors (Lipinski definition) is 0. The van der Waals surface area contributed by atoms with Crippen LogP contribution in [0.3, 0.4) is 0 Å². The zero-order valence-corrected chi connectivity index (χ0v) is 11.7. The molecule has 19 heavy (non-hydrogen) atoms. The molecule has 1 aromatic carbocycles. The van der Waals surface area contributed by atoms with Gasteiger partial charge in [-0.3, -0.25) is 9.59 Å². The van der Waals surface area contributed by atoms with E-state index in [2.05, 4.69) is 0 Å². The van der Waals surface area contributed by atoms with Crippen LogP contribution in [0.1, 0.15) is 38.7 Å². The SMILES string of the molecule is COC(=O)C1(C)CCCC(C)(c2ccccc2)C1=O. The molecule has 0 saturated heterocycles. The molecule has 0 spiro atoms. The first kappa shape index (κ1) is 13.8. The maximum Gasteiger partial charge on any atom is 0.319 e. The Hall–Kier alpha value is -1.64. The Morgan fingerprint density at radius 1 is 1.16 bits per heavy atom. The van der Waals surface area contributed by atoms with Gasteiger partial charge < -0.3 is 4.74 Å². The van der Waals surface area contributed by atoms with Crippen LogP contribution >= 0.6 is 0 Å². The number of esters is 1. The molecule has 1 aliphatic carbocycles. The Labute approximate surface area is 114 Å². The molecular weight excluding hydrogens is 240 g/mol. The molecule has 1 aliphatic rings. The Bertz CT molecular complexity index is 494. The van der Waals surface area contributed by atoms with Gasteiger partial charge in [0.1, 0.15) is 5.41 Å². The maximum atomic E-state index is 12.9. The van der Waals surface area contributed by atoms with Gasteiger partial charge in [0, 0.05) is 0 Å². The highest BCUT2D eigenvalue weighted by Crippen LogP contribution is 2.45. The van der Waals surface area contributed by atoms with Crippen molar-refractivity contribution >= 4 is 11.8 Å². The molecule has 1 saturated carbocycles. The van der Waals surface area contributed by atoms with Crippen molar-refractivity contribution in [3.05, 3.63) is 35.9 Å². The number of ketones is 1. The lowest BCUT2D eigenvalue weighted by Gasteiger charge is -2.41. The van der Waals surface area contributed by atoms with Gasteiger partial charge in [0.2, 0.25) is 0 Å². The molecule has 2 atom stereocenters. The summed E-state index contributed by atoms with van der Waals surface area (Å²) in [6.07, 6.45) is 2.20. The monoisotopic (exact) mass is 260 g/mol. The third-order valence-corrected chi connectivity index (χ3v) is 4.40. The third-order valence-electron chi connectivity index (χ3n) is 4.40. The van der Waals surface area contributed by atoms with Gasteiger partial charge in [-0.1, -0.05) is 36.8 Å². The van der Waals surface area contributed by atoms with E-state index in [1.807, 2.05) is 37.3 Å². The first-order valence-electron chi connectivity index (χ1n) is 6.64. The zero-order chi connectivity index (χ0) is 14.1. The third kappa shape index (κ3) is 2.07. The van der Waals surface area contributed by atoms with Crippen molar-refractivity contribution < 1.29 is 14.3 Å². The molecule has 2 unspecified atom stereocenters. The summed E-state index contributed by atoms with van der Waals surface area (Å²) in [6, 6.07) is 9.71. The van der Waals surface area contributed by atoms with Crippen molar-refractivity contribution in [2.45, 2.75) is 38.5 Å². The average Bonchev–Trinajstić information content (AvgIpc) is 2.44. The molecule has 0 heterocycles. The Morgan fingerprint density at radius 3 is 2.37 bits per heavy atom. The van der Waals surface area contributed by atoms with Crippen LogP contribution in [0.5, 0.6) is 0 Å². The minimum atomic E-state index is -1.02. The highest BCUT2D eigenvalue weighted by atomic mass is 16.5. The lowest BCUT2D eigenvalue weighted by atomic mass is 9.60. The minimum absolute atomic E-state index is 0.0238. The number of Topliss-reactive ketones (excluding diaryl/α,β-unsaturated/α-hetero) is 1. The van der Waals surface area contributed by atoms with E-state index < -0.39 is 16.8 Å². The summed E-state index contributed by atoms with van der Waals surface area (Å²) in [6.45, 7) is 3.65. The second kappa shape index (κ2) is 4.80. The van der Waals surface area contributed by atoms with Gasteiger partial charge in [0.05, 0.1) is 12.5 Å². The molecule has 0 amide bonds. The molecule has 102 valence electrons. The number of hydrogen-bond acceptors (Lipinski definition) is 3. The van der Waals surface area contributed by atoms with E-state index in [-0.39, 0.29) is 5.78 Å². The Balaban J connectivity index is 2.43. The molecule has 1 fully saturated rings. The number of methoxy groups -OCH3 is 1. The number of benzene rings is 1. The molecule has 3 nitrogen and oxygen atoms in total. The van der Waals surface area contributed by atoms with Gasteiger partial charge in [-0.15, -0.1) is 0 Å².